The summed E-state index contributed by atoms with van der Waals surface area (Å²) in [7, 11) is 0. The number of alkyl halides is 2. The highest BCUT2D eigenvalue weighted by atomic mass is 19.3. The van der Waals surface area contributed by atoms with E-state index in [2.05, 4.69) is 36.4 Å². The lowest BCUT2D eigenvalue weighted by atomic mass is 9.84. The number of nitriles is 1. The average Bonchev–Trinajstić information content (AvgIpc) is 3.58. The summed E-state index contributed by atoms with van der Waals surface area (Å²) < 4.78 is 61.3. The lowest BCUT2D eigenvalue weighted by Crippen LogP contribution is -2.48. The van der Waals surface area contributed by atoms with Gasteiger partial charge in [0.15, 0.2) is 5.60 Å². The van der Waals surface area contributed by atoms with E-state index in [1.54, 1.807) is 0 Å². The van der Waals surface area contributed by atoms with E-state index in [0.29, 0.717) is 17.2 Å². The normalized spacial score (nSPS) is 15.3. The van der Waals surface area contributed by atoms with Gasteiger partial charge in [0.25, 0.3) is 0 Å². The summed E-state index contributed by atoms with van der Waals surface area (Å²) in [5, 5.41) is 30.7. The Hall–Kier alpha value is -5.19. The zero-order chi connectivity index (χ0) is 32.3. The van der Waals surface area contributed by atoms with E-state index in [1.165, 1.54) is 12.3 Å². The number of anilines is 1. The number of rotatable bonds is 9. The first kappa shape index (κ1) is 30.8. The van der Waals surface area contributed by atoms with Gasteiger partial charge in [-0.1, -0.05) is 30.3 Å². The number of tetrazole rings is 1. The van der Waals surface area contributed by atoms with Gasteiger partial charge in [0, 0.05) is 61.8 Å². The SMILES string of the molecule is N#Cc1ccc(N2CCN(Cc3ccc(-c4ccc(C(F)(F)[C@](O)(Cn5cnnn5)c5ccc(F)cc5F)nc4)cc3)CC2)cc1. The smallest absolute Gasteiger partial charge is 0.323 e. The highest BCUT2D eigenvalue weighted by Crippen LogP contribution is 2.46. The quantitative estimate of drug-likeness (QED) is 0.230. The Kier molecular flexibility index (Phi) is 8.48. The van der Waals surface area contributed by atoms with Crippen LogP contribution < -0.4 is 4.90 Å². The predicted octanol–water partition coefficient (Wildman–Crippen LogP) is 4.89. The van der Waals surface area contributed by atoms with Gasteiger partial charge in [-0.05, 0) is 64.0 Å². The van der Waals surface area contributed by atoms with Crippen molar-refractivity contribution in [3.8, 4) is 17.2 Å². The first-order valence-electron chi connectivity index (χ1n) is 14.5. The summed E-state index contributed by atoms with van der Waals surface area (Å²) in [5.41, 5.74) is -0.688. The molecular formula is C33H28F4N8O. The third-order valence-electron chi connectivity index (χ3n) is 8.19. The van der Waals surface area contributed by atoms with Crippen LogP contribution in [0.1, 0.15) is 22.4 Å². The van der Waals surface area contributed by atoms with Gasteiger partial charge >= 0.3 is 5.92 Å². The monoisotopic (exact) mass is 628 g/mol. The summed E-state index contributed by atoms with van der Waals surface area (Å²) in [6.45, 7) is 3.32. The van der Waals surface area contributed by atoms with Gasteiger partial charge in [0.1, 0.15) is 23.7 Å². The maximum absolute atomic E-state index is 16.0. The molecule has 3 aromatic carbocycles. The van der Waals surface area contributed by atoms with E-state index in [4.69, 9.17) is 5.26 Å². The van der Waals surface area contributed by atoms with Crippen molar-refractivity contribution in [2.75, 3.05) is 31.1 Å². The lowest BCUT2D eigenvalue weighted by Gasteiger charge is -2.36. The molecule has 46 heavy (non-hydrogen) atoms. The molecule has 0 aliphatic carbocycles. The van der Waals surface area contributed by atoms with Crippen molar-refractivity contribution in [1.82, 2.24) is 30.1 Å². The fourth-order valence-corrected chi connectivity index (χ4v) is 5.60. The van der Waals surface area contributed by atoms with Crippen LogP contribution in [-0.4, -0.2) is 61.4 Å². The molecule has 0 saturated carbocycles. The molecule has 3 heterocycles. The van der Waals surface area contributed by atoms with Gasteiger partial charge in [0.2, 0.25) is 0 Å². The molecule has 1 N–H and O–H groups in total. The highest BCUT2D eigenvalue weighted by Gasteiger charge is 2.58. The van der Waals surface area contributed by atoms with Crippen molar-refractivity contribution >= 4 is 5.69 Å². The Morgan fingerprint density at radius 3 is 2.20 bits per heavy atom. The summed E-state index contributed by atoms with van der Waals surface area (Å²) in [5.74, 6) is -6.46. The summed E-state index contributed by atoms with van der Waals surface area (Å²) in [4.78, 5) is 8.61. The third-order valence-corrected chi connectivity index (χ3v) is 8.19. The molecule has 6 rings (SSSR count). The van der Waals surface area contributed by atoms with E-state index in [0.717, 1.165) is 78.7 Å². The van der Waals surface area contributed by atoms with E-state index >= 15 is 8.78 Å². The second-order valence-corrected chi connectivity index (χ2v) is 11.1. The maximum atomic E-state index is 16.0. The van der Waals surface area contributed by atoms with Crippen molar-refractivity contribution in [2.24, 2.45) is 0 Å². The largest absolute Gasteiger partial charge is 0.377 e. The summed E-state index contributed by atoms with van der Waals surface area (Å²) >= 11 is 0. The number of benzene rings is 3. The van der Waals surface area contributed by atoms with Gasteiger partial charge in [-0.3, -0.25) is 9.88 Å². The number of hydrogen-bond donors (Lipinski definition) is 1. The van der Waals surface area contributed by atoms with Crippen LogP contribution in [0.15, 0.2) is 91.4 Å². The molecular weight excluding hydrogens is 600 g/mol. The molecule has 1 saturated heterocycles. The van der Waals surface area contributed by atoms with E-state index in [9.17, 15) is 13.9 Å². The minimum atomic E-state index is -4.13. The van der Waals surface area contributed by atoms with Crippen LogP contribution in [0.2, 0.25) is 0 Å². The number of hydrogen-bond acceptors (Lipinski definition) is 8. The fourth-order valence-electron chi connectivity index (χ4n) is 5.60. The number of aromatic nitrogens is 5. The number of pyridine rings is 1. The molecule has 1 aliphatic heterocycles. The standard InChI is InChI=1S/C33H28F4N8O/c34-27-8-11-29(30(35)17-27)32(46,21-45-22-40-41-42-45)33(36,37)31-12-7-26(19-39-31)25-5-1-24(2-6-25)20-43-13-15-44(16-14-43)28-9-3-23(18-38)4-10-28/h1-12,17,19,22,46H,13-16,20-21H2/t32-/m0/s1. The maximum Gasteiger partial charge on any atom is 0.323 e. The molecule has 0 spiro atoms. The van der Waals surface area contributed by atoms with Crippen LogP contribution in [0.4, 0.5) is 23.2 Å². The summed E-state index contributed by atoms with van der Waals surface area (Å²) in [6.07, 6.45) is 2.26. The molecule has 1 aliphatic rings. The minimum Gasteiger partial charge on any atom is -0.377 e. The van der Waals surface area contributed by atoms with Crippen LogP contribution in [0.3, 0.4) is 0 Å². The highest BCUT2D eigenvalue weighted by molar-refractivity contribution is 5.63. The molecule has 1 fully saturated rings. The number of piperazine rings is 1. The van der Waals surface area contributed by atoms with E-state index < -0.39 is 41.0 Å². The number of aliphatic hydroxyl groups is 1. The Morgan fingerprint density at radius 1 is 0.870 bits per heavy atom. The first-order chi connectivity index (χ1) is 22.2. The van der Waals surface area contributed by atoms with Crippen LogP contribution in [0.25, 0.3) is 11.1 Å². The average molecular weight is 629 g/mol. The van der Waals surface area contributed by atoms with Crippen LogP contribution in [0.5, 0.6) is 0 Å². The van der Waals surface area contributed by atoms with E-state index in [1.807, 2.05) is 48.5 Å². The molecule has 1 atom stereocenters. The van der Waals surface area contributed by atoms with Crippen molar-refractivity contribution in [3.63, 3.8) is 0 Å². The number of nitrogens with zero attached hydrogens (tertiary/aromatic N) is 8. The molecule has 0 bridgehead atoms. The molecule has 2 aromatic heterocycles. The van der Waals surface area contributed by atoms with Gasteiger partial charge in [-0.25, -0.2) is 13.5 Å². The molecule has 9 nitrogen and oxygen atoms in total. The van der Waals surface area contributed by atoms with Gasteiger partial charge in [0.05, 0.1) is 18.2 Å². The van der Waals surface area contributed by atoms with E-state index in [-0.39, 0.29) is 0 Å². The third kappa shape index (κ3) is 6.17. The predicted molar refractivity (Wildman–Crippen MR) is 160 cm³/mol. The topological polar surface area (TPSA) is 107 Å². The van der Waals surface area contributed by atoms with Crippen LogP contribution in [0, 0.1) is 23.0 Å². The molecule has 13 heteroatoms. The second kappa shape index (κ2) is 12.7. The van der Waals surface area contributed by atoms with Crippen LogP contribution in [-0.2, 0) is 24.6 Å². The van der Waals surface area contributed by atoms with Crippen molar-refractivity contribution in [3.05, 3.63) is 125 Å². The molecule has 234 valence electrons. The Labute approximate surface area is 262 Å². The zero-order valence-electron chi connectivity index (χ0n) is 24.4. The Morgan fingerprint density at radius 2 is 1.59 bits per heavy atom. The summed E-state index contributed by atoms with van der Waals surface area (Å²) in [6, 6.07) is 22.0. The van der Waals surface area contributed by atoms with Gasteiger partial charge < -0.3 is 10.0 Å². The molecule has 5 aromatic rings. The van der Waals surface area contributed by atoms with Crippen molar-refractivity contribution < 1.29 is 22.7 Å². The zero-order valence-corrected chi connectivity index (χ0v) is 24.4. The first-order valence-corrected chi connectivity index (χ1v) is 14.5. The van der Waals surface area contributed by atoms with Crippen LogP contribution >= 0.6 is 0 Å². The number of halogens is 4. The Balaban J connectivity index is 1.14. The lowest BCUT2D eigenvalue weighted by molar-refractivity contribution is -0.207. The van der Waals surface area contributed by atoms with Gasteiger partial charge in [-0.2, -0.15) is 14.0 Å². The fraction of sp³-hybridized carbons (Fsp3) is 0.242. The second-order valence-electron chi connectivity index (χ2n) is 11.1. The molecule has 0 unspecified atom stereocenters. The minimum absolute atomic E-state index is 0.424. The van der Waals surface area contributed by atoms with Gasteiger partial charge in [-0.15, -0.1) is 5.10 Å². The molecule has 0 radical (unpaired) electrons. The Bertz CT molecular complexity index is 1820. The van der Waals surface area contributed by atoms with Crippen molar-refractivity contribution in [2.45, 2.75) is 24.6 Å². The molecule has 0 amide bonds. The van der Waals surface area contributed by atoms with Crippen molar-refractivity contribution in [1.29, 1.82) is 5.26 Å².